The lowest BCUT2D eigenvalue weighted by Gasteiger charge is -2.11. The van der Waals surface area contributed by atoms with E-state index in [1.807, 2.05) is 6.07 Å². The molecule has 1 rings (SSSR count). The number of rotatable bonds is 8. The third kappa shape index (κ3) is 4.89. The van der Waals surface area contributed by atoms with Crippen LogP contribution < -0.4 is 15.2 Å². The largest absolute Gasteiger partial charge is 0.493 e. The molecular weight excluding hydrogens is 250 g/mol. The van der Waals surface area contributed by atoms with Crippen molar-refractivity contribution in [3.05, 3.63) is 23.8 Å². The average molecular weight is 269 g/mol. The topological polar surface area (TPSA) is 64.7 Å². The molecule has 0 spiro atoms. The van der Waals surface area contributed by atoms with Crippen LogP contribution in [0.2, 0.25) is 0 Å². The summed E-state index contributed by atoms with van der Waals surface area (Å²) in [4.78, 5) is 0.542. The van der Waals surface area contributed by atoms with E-state index in [0.29, 0.717) is 23.1 Å². The molecule has 0 aliphatic rings. The molecule has 0 aliphatic carbocycles. The highest BCUT2D eigenvalue weighted by Crippen LogP contribution is 2.28. The number of aliphatic hydroxyl groups excluding tert-OH is 1. The SMILES string of the molecule is COc1cc(CO)ccc1OCCCCC(N)=S. The second kappa shape index (κ2) is 7.89. The highest BCUT2D eigenvalue weighted by atomic mass is 32.1. The molecule has 0 heterocycles. The van der Waals surface area contributed by atoms with Gasteiger partial charge in [0.15, 0.2) is 11.5 Å². The minimum absolute atomic E-state index is 0.00934. The number of methoxy groups -OCH3 is 1. The van der Waals surface area contributed by atoms with Gasteiger partial charge in [0.1, 0.15) is 0 Å². The third-order valence-electron chi connectivity index (χ3n) is 2.49. The summed E-state index contributed by atoms with van der Waals surface area (Å²) in [7, 11) is 1.58. The van der Waals surface area contributed by atoms with Gasteiger partial charge in [-0.25, -0.2) is 0 Å². The summed E-state index contributed by atoms with van der Waals surface area (Å²) in [5, 5.41) is 9.03. The molecule has 0 amide bonds. The molecule has 18 heavy (non-hydrogen) atoms. The average Bonchev–Trinajstić information content (AvgIpc) is 2.38. The predicted octanol–water partition coefficient (Wildman–Crippen LogP) is 2.02. The molecule has 100 valence electrons. The van der Waals surface area contributed by atoms with Gasteiger partial charge in [-0.1, -0.05) is 18.3 Å². The van der Waals surface area contributed by atoms with Gasteiger partial charge in [0.2, 0.25) is 0 Å². The third-order valence-corrected chi connectivity index (χ3v) is 2.69. The molecule has 0 bridgehead atoms. The van der Waals surface area contributed by atoms with E-state index in [1.165, 1.54) is 0 Å². The summed E-state index contributed by atoms with van der Waals surface area (Å²) in [5.74, 6) is 1.32. The van der Waals surface area contributed by atoms with Crippen molar-refractivity contribution >= 4 is 17.2 Å². The molecule has 0 saturated heterocycles. The van der Waals surface area contributed by atoms with Crippen molar-refractivity contribution in [3.63, 3.8) is 0 Å². The fourth-order valence-corrected chi connectivity index (χ4v) is 1.66. The zero-order valence-corrected chi connectivity index (χ0v) is 11.3. The Morgan fingerprint density at radius 1 is 1.33 bits per heavy atom. The molecule has 0 aromatic heterocycles. The molecule has 0 radical (unpaired) electrons. The maximum Gasteiger partial charge on any atom is 0.161 e. The molecule has 3 N–H and O–H groups in total. The molecule has 1 aromatic rings. The van der Waals surface area contributed by atoms with E-state index in [2.05, 4.69) is 0 Å². The number of thiocarbonyl (C=S) groups is 1. The summed E-state index contributed by atoms with van der Waals surface area (Å²) >= 11 is 4.80. The predicted molar refractivity (Wildman–Crippen MR) is 75.0 cm³/mol. The van der Waals surface area contributed by atoms with Crippen LogP contribution in [0.25, 0.3) is 0 Å². The highest BCUT2D eigenvalue weighted by Gasteiger charge is 2.05. The summed E-state index contributed by atoms with van der Waals surface area (Å²) in [6.07, 6.45) is 2.56. The molecular formula is C13H19NO3S. The van der Waals surface area contributed by atoms with Gasteiger partial charge in [0, 0.05) is 0 Å². The summed E-state index contributed by atoms with van der Waals surface area (Å²) in [5.41, 5.74) is 6.21. The van der Waals surface area contributed by atoms with Crippen LogP contribution in [0.15, 0.2) is 18.2 Å². The molecule has 1 aromatic carbocycles. The van der Waals surface area contributed by atoms with Crippen LogP contribution in [0.4, 0.5) is 0 Å². The van der Waals surface area contributed by atoms with Crippen molar-refractivity contribution in [2.75, 3.05) is 13.7 Å². The van der Waals surface area contributed by atoms with Crippen molar-refractivity contribution in [1.82, 2.24) is 0 Å². The van der Waals surface area contributed by atoms with Crippen LogP contribution in [0.3, 0.4) is 0 Å². The Morgan fingerprint density at radius 2 is 2.11 bits per heavy atom. The molecule has 0 atom stereocenters. The Labute approximate surface area is 113 Å². The van der Waals surface area contributed by atoms with Crippen molar-refractivity contribution in [1.29, 1.82) is 0 Å². The molecule has 0 unspecified atom stereocenters. The number of ether oxygens (including phenoxy) is 2. The van der Waals surface area contributed by atoms with Gasteiger partial charge in [-0.3, -0.25) is 0 Å². The Balaban J connectivity index is 2.44. The first-order chi connectivity index (χ1) is 8.67. The Hall–Kier alpha value is -1.33. The number of benzene rings is 1. The van der Waals surface area contributed by atoms with Gasteiger partial charge in [-0.15, -0.1) is 0 Å². The summed E-state index contributed by atoms with van der Waals surface area (Å²) < 4.78 is 10.8. The lowest BCUT2D eigenvalue weighted by Crippen LogP contribution is -2.08. The molecule has 4 nitrogen and oxygen atoms in total. The Kier molecular flexibility index (Phi) is 6.46. The zero-order chi connectivity index (χ0) is 13.4. The number of nitrogens with two attached hydrogens (primary N) is 1. The zero-order valence-electron chi connectivity index (χ0n) is 10.5. The van der Waals surface area contributed by atoms with Crippen molar-refractivity contribution < 1.29 is 14.6 Å². The normalized spacial score (nSPS) is 10.1. The quantitative estimate of drug-likeness (QED) is 0.558. The van der Waals surface area contributed by atoms with Crippen LogP contribution in [-0.4, -0.2) is 23.8 Å². The second-order valence-corrected chi connectivity index (χ2v) is 4.44. The van der Waals surface area contributed by atoms with Crippen molar-refractivity contribution in [3.8, 4) is 11.5 Å². The van der Waals surface area contributed by atoms with E-state index in [9.17, 15) is 0 Å². The van der Waals surface area contributed by atoms with Gasteiger partial charge in [-0.2, -0.15) is 0 Å². The van der Waals surface area contributed by atoms with E-state index in [-0.39, 0.29) is 6.61 Å². The maximum atomic E-state index is 9.03. The van der Waals surface area contributed by atoms with Gasteiger partial charge in [0.25, 0.3) is 0 Å². The van der Waals surface area contributed by atoms with E-state index in [1.54, 1.807) is 19.2 Å². The molecule has 0 saturated carbocycles. The van der Waals surface area contributed by atoms with E-state index in [4.69, 9.17) is 32.5 Å². The standard InChI is InChI=1S/C13H19NO3S/c1-16-12-8-10(9-15)5-6-11(12)17-7-3-2-4-13(14)18/h5-6,8,15H,2-4,7,9H2,1H3,(H2,14,18). The summed E-state index contributed by atoms with van der Waals surface area (Å²) in [6.45, 7) is 0.585. The first kappa shape index (κ1) is 14.7. The number of unbranched alkanes of at least 4 members (excludes halogenated alkanes) is 1. The first-order valence-electron chi connectivity index (χ1n) is 5.86. The van der Waals surface area contributed by atoms with Crippen LogP contribution >= 0.6 is 12.2 Å². The Morgan fingerprint density at radius 3 is 2.72 bits per heavy atom. The van der Waals surface area contributed by atoms with E-state index < -0.39 is 0 Å². The monoisotopic (exact) mass is 269 g/mol. The lowest BCUT2D eigenvalue weighted by atomic mass is 10.2. The fraction of sp³-hybridized carbons (Fsp3) is 0.462. The van der Waals surface area contributed by atoms with Crippen molar-refractivity contribution in [2.45, 2.75) is 25.9 Å². The smallest absolute Gasteiger partial charge is 0.161 e. The summed E-state index contributed by atoms with van der Waals surface area (Å²) in [6, 6.07) is 5.38. The maximum absolute atomic E-state index is 9.03. The van der Waals surface area contributed by atoms with Crippen LogP contribution in [0.5, 0.6) is 11.5 Å². The minimum Gasteiger partial charge on any atom is -0.493 e. The number of aliphatic hydroxyl groups is 1. The fourth-order valence-electron chi connectivity index (χ4n) is 1.51. The first-order valence-corrected chi connectivity index (χ1v) is 6.27. The van der Waals surface area contributed by atoms with Crippen LogP contribution in [-0.2, 0) is 6.61 Å². The minimum atomic E-state index is -0.00934. The molecule has 5 heteroatoms. The van der Waals surface area contributed by atoms with Crippen LogP contribution in [0, 0.1) is 0 Å². The number of hydrogen-bond acceptors (Lipinski definition) is 4. The van der Waals surface area contributed by atoms with Gasteiger partial charge in [-0.05, 0) is 37.0 Å². The van der Waals surface area contributed by atoms with Crippen molar-refractivity contribution in [2.24, 2.45) is 5.73 Å². The molecule has 0 fully saturated rings. The second-order valence-electron chi connectivity index (χ2n) is 3.92. The van der Waals surface area contributed by atoms with Crippen LogP contribution in [0.1, 0.15) is 24.8 Å². The van der Waals surface area contributed by atoms with E-state index in [0.717, 1.165) is 24.8 Å². The highest BCUT2D eigenvalue weighted by molar-refractivity contribution is 7.80. The van der Waals surface area contributed by atoms with E-state index >= 15 is 0 Å². The van der Waals surface area contributed by atoms with Gasteiger partial charge < -0.3 is 20.3 Å². The number of hydrogen-bond donors (Lipinski definition) is 2. The van der Waals surface area contributed by atoms with Gasteiger partial charge >= 0.3 is 0 Å². The molecule has 0 aliphatic heterocycles. The van der Waals surface area contributed by atoms with Gasteiger partial charge in [0.05, 0.1) is 25.3 Å². The Bertz CT molecular complexity index is 396. The lowest BCUT2D eigenvalue weighted by molar-refractivity contribution is 0.275.